The molecule has 1 aliphatic carbocycles. The molecular weight excluding hydrogens is 370 g/mol. The van der Waals surface area contributed by atoms with Gasteiger partial charge in [-0.1, -0.05) is 24.6 Å². The van der Waals surface area contributed by atoms with Crippen LogP contribution in [0, 0.1) is 12.8 Å². The molecule has 0 spiro atoms. The molecule has 1 saturated carbocycles. The second-order valence-corrected chi connectivity index (χ2v) is 9.08. The van der Waals surface area contributed by atoms with Gasteiger partial charge >= 0.3 is 0 Å². The highest BCUT2D eigenvalue weighted by Crippen LogP contribution is 2.34. The lowest BCUT2D eigenvalue weighted by Crippen LogP contribution is -2.43. The van der Waals surface area contributed by atoms with Crippen molar-refractivity contribution < 1.29 is 9.00 Å². The lowest BCUT2D eigenvalue weighted by atomic mass is 9.85. The van der Waals surface area contributed by atoms with Crippen molar-refractivity contribution in [2.24, 2.45) is 5.92 Å². The zero-order valence-electron chi connectivity index (χ0n) is 16.7. The van der Waals surface area contributed by atoms with Crippen LogP contribution in [-0.4, -0.2) is 40.0 Å². The smallest absolute Gasteiger partial charge is 0.269 e. The Bertz CT molecular complexity index is 939. The highest BCUT2D eigenvalue weighted by Gasteiger charge is 2.33. The number of fused-ring (bicyclic) bond motifs is 1. The van der Waals surface area contributed by atoms with Crippen LogP contribution in [0.15, 0.2) is 36.4 Å². The lowest BCUT2D eigenvalue weighted by molar-refractivity contribution is -0.00793. The van der Waals surface area contributed by atoms with E-state index < -0.39 is 11.0 Å². The van der Waals surface area contributed by atoms with Gasteiger partial charge in [0.15, 0.2) is 0 Å². The second-order valence-electron chi connectivity index (χ2n) is 7.96. The minimum Gasteiger partial charge on any atom is -0.305 e. The summed E-state index contributed by atoms with van der Waals surface area (Å²) >= 11 is 0. The van der Waals surface area contributed by atoms with Gasteiger partial charge in [-0.3, -0.25) is 9.80 Å². The van der Waals surface area contributed by atoms with E-state index in [1.165, 1.54) is 19.3 Å². The molecular formula is C22H27N3O2S. The molecule has 5 nitrogen and oxygen atoms in total. The molecule has 28 heavy (non-hydrogen) atoms. The van der Waals surface area contributed by atoms with E-state index in [0.717, 1.165) is 46.0 Å². The first-order valence-electron chi connectivity index (χ1n) is 9.79. The number of hydrogen-bond acceptors (Lipinski definition) is 3. The monoisotopic (exact) mass is 397 g/mol. The van der Waals surface area contributed by atoms with Gasteiger partial charge in [-0.15, -0.1) is 0 Å². The van der Waals surface area contributed by atoms with Crippen LogP contribution in [0.25, 0.3) is 11.1 Å². The third-order valence-electron chi connectivity index (χ3n) is 5.80. The average molecular weight is 398 g/mol. The predicted molar refractivity (Wildman–Crippen MR) is 114 cm³/mol. The summed E-state index contributed by atoms with van der Waals surface area (Å²) in [6, 6.07) is 12.1. The number of carbonyl (C=O) groups excluding carboxylic acids is 1. The van der Waals surface area contributed by atoms with Crippen LogP contribution in [0.2, 0.25) is 0 Å². The molecule has 1 unspecified atom stereocenters. The topological polar surface area (TPSA) is 52.7 Å². The molecule has 1 fully saturated rings. The second kappa shape index (κ2) is 7.68. The lowest BCUT2D eigenvalue weighted by Gasteiger charge is -2.34. The van der Waals surface area contributed by atoms with Crippen LogP contribution in [0.1, 0.15) is 40.7 Å². The summed E-state index contributed by atoms with van der Waals surface area (Å²) in [5, 5.41) is 3.99. The van der Waals surface area contributed by atoms with Gasteiger partial charge in [0.25, 0.3) is 5.91 Å². The van der Waals surface area contributed by atoms with Crippen LogP contribution in [-0.2, 0) is 17.5 Å². The third-order valence-corrected chi connectivity index (χ3v) is 6.33. The molecule has 2 aliphatic rings. The maximum atomic E-state index is 13.0. The largest absolute Gasteiger partial charge is 0.305 e. The normalized spacial score (nSPS) is 17.6. The number of rotatable bonds is 6. The minimum atomic E-state index is -1.11. The molecule has 1 amide bonds. The average Bonchev–Trinajstić information content (AvgIpc) is 2.95. The molecule has 0 saturated heterocycles. The number of hydrazine groups is 1. The van der Waals surface area contributed by atoms with E-state index >= 15 is 0 Å². The van der Waals surface area contributed by atoms with Crippen molar-refractivity contribution in [2.75, 3.05) is 24.6 Å². The molecule has 0 bridgehead atoms. The van der Waals surface area contributed by atoms with Gasteiger partial charge in [0.1, 0.15) is 11.0 Å². The molecule has 6 heteroatoms. The fourth-order valence-electron chi connectivity index (χ4n) is 4.17. The summed E-state index contributed by atoms with van der Waals surface area (Å²) in [5.74, 6) is 0.829. The number of nitrogens with zero attached hydrogens (tertiary/aromatic N) is 2. The first-order valence-corrected chi connectivity index (χ1v) is 11.3. The van der Waals surface area contributed by atoms with Gasteiger partial charge in [0, 0.05) is 31.1 Å². The Morgan fingerprint density at radius 3 is 2.68 bits per heavy atom. The summed E-state index contributed by atoms with van der Waals surface area (Å²) in [6.07, 6.45) is 5.48. The predicted octanol–water partition coefficient (Wildman–Crippen LogP) is 3.97. The number of aryl methyl sites for hydroxylation is 1. The number of nitrogens with one attached hydrogen (secondary N) is 1. The molecule has 2 aromatic rings. The maximum Gasteiger partial charge on any atom is 0.269 e. The molecule has 0 radical (unpaired) electrons. The maximum absolute atomic E-state index is 13.0. The van der Waals surface area contributed by atoms with E-state index in [-0.39, 0.29) is 5.91 Å². The van der Waals surface area contributed by atoms with Crippen molar-refractivity contribution in [2.45, 2.75) is 32.7 Å². The third kappa shape index (κ3) is 3.71. The zero-order chi connectivity index (χ0) is 19.8. The SMILES string of the molecule is Cc1cc(-c2cccc(NS(C)=O)c2)cc2c1C(=O)N(N(C)CC1CCC1)C2. The minimum absolute atomic E-state index is 0.109. The fraction of sp³-hybridized carbons (Fsp3) is 0.409. The first kappa shape index (κ1) is 19.2. The Kier molecular flexibility index (Phi) is 5.25. The van der Waals surface area contributed by atoms with Gasteiger partial charge in [-0.2, -0.15) is 0 Å². The Balaban J connectivity index is 1.60. The number of carbonyl (C=O) groups is 1. The van der Waals surface area contributed by atoms with Crippen LogP contribution < -0.4 is 4.72 Å². The van der Waals surface area contributed by atoms with Crippen LogP contribution >= 0.6 is 0 Å². The van der Waals surface area contributed by atoms with Crippen molar-refractivity contribution in [1.82, 2.24) is 10.0 Å². The molecule has 0 aromatic heterocycles. The molecule has 1 heterocycles. The quantitative estimate of drug-likeness (QED) is 0.802. The number of hydrogen-bond donors (Lipinski definition) is 1. The van der Waals surface area contributed by atoms with Crippen LogP contribution in [0.5, 0.6) is 0 Å². The van der Waals surface area contributed by atoms with Crippen molar-refractivity contribution in [3.8, 4) is 11.1 Å². The summed E-state index contributed by atoms with van der Waals surface area (Å²) < 4.78 is 14.4. The van der Waals surface area contributed by atoms with Crippen molar-refractivity contribution >= 4 is 22.6 Å². The summed E-state index contributed by atoms with van der Waals surface area (Å²) in [7, 11) is 0.918. The number of benzene rings is 2. The van der Waals surface area contributed by atoms with E-state index in [1.54, 1.807) is 6.26 Å². The Hall–Kier alpha value is -2.18. The molecule has 2 aromatic carbocycles. The van der Waals surface area contributed by atoms with Crippen molar-refractivity contribution in [1.29, 1.82) is 0 Å². The van der Waals surface area contributed by atoms with Gasteiger partial charge in [-0.25, -0.2) is 9.22 Å². The van der Waals surface area contributed by atoms with Crippen molar-refractivity contribution in [3.63, 3.8) is 0 Å². The molecule has 1 N–H and O–H groups in total. The summed E-state index contributed by atoms with van der Waals surface area (Å²) in [4.78, 5) is 13.0. The molecule has 1 atom stereocenters. The van der Waals surface area contributed by atoms with Gasteiger partial charge < -0.3 is 4.72 Å². The summed E-state index contributed by atoms with van der Waals surface area (Å²) in [5.41, 5.74) is 5.89. The van der Waals surface area contributed by atoms with Gasteiger partial charge in [0.05, 0.1) is 6.54 Å². The zero-order valence-corrected chi connectivity index (χ0v) is 17.5. The highest BCUT2D eigenvalue weighted by atomic mass is 32.2. The standard InChI is InChI=1S/C22H27N3O2S/c1-15-10-18(17-8-5-9-20(12-17)23-28(3)27)11-19-14-25(22(26)21(15)19)24(2)13-16-6-4-7-16/h5,8-12,16,23H,4,6-7,13-14H2,1-3H3. The first-order chi connectivity index (χ1) is 13.4. The van der Waals surface area contributed by atoms with Crippen LogP contribution in [0.3, 0.4) is 0 Å². The Morgan fingerprint density at radius 1 is 1.21 bits per heavy atom. The van der Waals surface area contributed by atoms with E-state index in [2.05, 4.69) is 21.9 Å². The molecule has 1 aliphatic heterocycles. The van der Waals surface area contributed by atoms with E-state index in [0.29, 0.717) is 6.54 Å². The van der Waals surface area contributed by atoms with E-state index in [1.807, 2.05) is 43.2 Å². The Labute approximate surface area is 169 Å². The van der Waals surface area contributed by atoms with E-state index in [4.69, 9.17) is 0 Å². The Morgan fingerprint density at radius 2 is 2.00 bits per heavy atom. The van der Waals surface area contributed by atoms with Gasteiger partial charge in [0.2, 0.25) is 0 Å². The number of amides is 1. The highest BCUT2D eigenvalue weighted by molar-refractivity contribution is 7.85. The fourth-order valence-corrected chi connectivity index (χ4v) is 4.63. The molecule has 148 valence electrons. The summed E-state index contributed by atoms with van der Waals surface area (Å²) in [6.45, 7) is 3.59. The van der Waals surface area contributed by atoms with Gasteiger partial charge in [-0.05, 0) is 66.1 Å². The van der Waals surface area contributed by atoms with Crippen molar-refractivity contribution in [3.05, 3.63) is 53.1 Å². The van der Waals surface area contributed by atoms with Crippen LogP contribution in [0.4, 0.5) is 5.69 Å². The number of anilines is 1. The molecule has 4 rings (SSSR count). The van der Waals surface area contributed by atoms with E-state index in [9.17, 15) is 9.00 Å².